The van der Waals surface area contributed by atoms with Crippen LogP contribution in [0.25, 0.3) is 0 Å². The lowest BCUT2D eigenvalue weighted by molar-refractivity contribution is -0.0133. The zero-order valence-corrected chi connectivity index (χ0v) is 14.0. The quantitative estimate of drug-likeness (QED) is 0.937. The normalized spacial score (nSPS) is 18.0. The lowest BCUT2D eigenvalue weighted by Gasteiger charge is -2.33. The van der Waals surface area contributed by atoms with Crippen LogP contribution in [0.3, 0.4) is 0 Å². The summed E-state index contributed by atoms with van der Waals surface area (Å²) in [4.78, 5) is 19.5. The van der Waals surface area contributed by atoms with E-state index in [0.717, 1.165) is 17.0 Å². The van der Waals surface area contributed by atoms with E-state index in [9.17, 15) is 4.79 Å². The lowest BCUT2D eigenvalue weighted by atomic mass is 10.1. The number of thiazole rings is 1. The van der Waals surface area contributed by atoms with Crippen LogP contribution in [0.5, 0.6) is 0 Å². The van der Waals surface area contributed by atoms with E-state index in [1.807, 2.05) is 30.0 Å². The number of hydrogen-bond acceptors (Lipinski definition) is 4. The zero-order valence-electron chi connectivity index (χ0n) is 13.2. The van der Waals surface area contributed by atoms with E-state index >= 15 is 0 Å². The van der Waals surface area contributed by atoms with Gasteiger partial charge in [0.15, 0.2) is 0 Å². The summed E-state index contributed by atoms with van der Waals surface area (Å²) in [5.41, 5.74) is 4.03. The van der Waals surface area contributed by atoms with Crippen LogP contribution in [0.1, 0.15) is 16.1 Å². The number of nitrogens with zero attached hydrogens (tertiary/aromatic N) is 2. The van der Waals surface area contributed by atoms with Crippen LogP contribution < -0.4 is 5.32 Å². The predicted octanol–water partition coefficient (Wildman–Crippen LogP) is 2.60. The summed E-state index contributed by atoms with van der Waals surface area (Å²) < 4.78 is 5.80. The minimum atomic E-state index is -0.0286. The molecule has 0 spiro atoms. The number of aromatic nitrogens is 1. The fourth-order valence-corrected chi connectivity index (χ4v) is 3.38. The van der Waals surface area contributed by atoms with Crippen molar-refractivity contribution in [2.45, 2.75) is 26.0 Å². The van der Waals surface area contributed by atoms with Gasteiger partial charge in [-0.1, -0.05) is 30.3 Å². The van der Waals surface area contributed by atoms with Gasteiger partial charge in [0.05, 0.1) is 30.5 Å². The predicted molar refractivity (Wildman–Crippen MR) is 90.5 cm³/mol. The van der Waals surface area contributed by atoms with Gasteiger partial charge in [-0.15, -0.1) is 11.3 Å². The number of ether oxygens (including phenoxy) is 1. The fraction of sp³-hybridized carbons (Fsp3) is 0.412. The molecule has 1 fully saturated rings. The molecule has 5 nitrogen and oxygen atoms in total. The molecule has 2 amide bonds. The minimum absolute atomic E-state index is 0.0286. The first-order valence-corrected chi connectivity index (χ1v) is 8.67. The summed E-state index contributed by atoms with van der Waals surface area (Å²) in [6, 6.07) is 10.2. The molecule has 1 aromatic heterocycles. The van der Waals surface area contributed by atoms with Crippen LogP contribution in [-0.2, 0) is 17.7 Å². The number of aryl methyl sites for hydroxylation is 1. The number of urea groups is 1. The van der Waals surface area contributed by atoms with Crippen LogP contribution in [0.15, 0.2) is 35.8 Å². The number of rotatable bonds is 4. The fourth-order valence-electron chi connectivity index (χ4n) is 2.67. The molecule has 23 heavy (non-hydrogen) atoms. The third-order valence-electron chi connectivity index (χ3n) is 3.98. The third kappa shape index (κ3) is 4.30. The molecule has 122 valence electrons. The monoisotopic (exact) mass is 331 g/mol. The Balaban J connectivity index is 1.51. The second-order valence-electron chi connectivity index (χ2n) is 5.65. The Kier molecular flexibility index (Phi) is 5.25. The SMILES string of the molecule is Cc1ncsc1CNC(=O)N1CCO[C@H](Cc2ccccc2)C1. The molecule has 2 heterocycles. The summed E-state index contributed by atoms with van der Waals surface area (Å²) in [6.07, 6.45) is 0.889. The maximum absolute atomic E-state index is 12.3. The van der Waals surface area contributed by atoms with E-state index in [1.165, 1.54) is 5.56 Å². The Morgan fingerprint density at radius 2 is 2.26 bits per heavy atom. The summed E-state index contributed by atoms with van der Waals surface area (Å²) in [6.45, 7) is 4.35. The Hall–Kier alpha value is -1.92. The standard InChI is InChI=1S/C17H21N3O2S/c1-13-16(23-12-19-13)10-18-17(21)20-7-8-22-15(11-20)9-14-5-3-2-4-6-14/h2-6,12,15H,7-11H2,1H3,(H,18,21)/t15-/m1/s1. The second kappa shape index (κ2) is 7.57. The largest absolute Gasteiger partial charge is 0.374 e. The molecule has 1 aliphatic heterocycles. The Labute approximate surface area is 140 Å². The number of nitrogens with one attached hydrogen (secondary N) is 1. The average Bonchev–Trinajstić information content (AvgIpc) is 2.99. The van der Waals surface area contributed by atoms with Gasteiger partial charge in [-0.3, -0.25) is 0 Å². The highest BCUT2D eigenvalue weighted by Gasteiger charge is 2.24. The van der Waals surface area contributed by atoms with Gasteiger partial charge in [-0.05, 0) is 12.5 Å². The van der Waals surface area contributed by atoms with Crippen LogP contribution in [-0.4, -0.2) is 41.7 Å². The maximum atomic E-state index is 12.3. The van der Waals surface area contributed by atoms with E-state index in [4.69, 9.17) is 4.74 Å². The first-order valence-electron chi connectivity index (χ1n) is 7.79. The van der Waals surface area contributed by atoms with E-state index in [0.29, 0.717) is 26.2 Å². The van der Waals surface area contributed by atoms with E-state index in [-0.39, 0.29) is 12.1 Å². The van der Waals surface area contributed by atoms with E-state index in [1.54, 1.807) is 16.8 Å². The van der Waals surface area contributed by atoms with Crippen molar-refractivity contribution >= 4 is 17.4 Å². The molecule has 0 aliphatic carbocycles. The first kappa shape index (κ1) is 16.0. The van der Waals surface area contributed by atoms with Crippen molar-refractivity contribution in [1.82, 2.24) is 15.2 Å². The lowest BCUT2D eigenvalue weighted by Crippen LogP contribution is -2.50. The number of benzene rings is 1. The molecule has 0 saturated carbocycles. The molecule has 0 unspecified atom stereocenters. The number of carbonyl (C=O) groups is 1. The van der Waals surface area contributed by atoms with Crippen molar-refractivity contribution in [1.29, 1.82) is 0 Å². The van der Waals surface area contributed by atoms with Crippen molar-refractivity contribution in [2.24, 2.45) is 0 Å². The number of amides is 2. The second-order valence-corrected chi connectivity index (χ2v) is 6.59. The summed E-state index contributed by atoms with van der Waals surface area (Å²) in [5.74, 6) is 0. The molecule has 6 heteroatoms. The maximum Gasteiger partial charge on any atom is 0.317 e. The number of carbonyl (C=O) groups excluding carboxylic acids is 1. The van der Waals surface area contributed by atoms with Crippen molar-refractivity contribution < 1.29 is 9.53 Å². The van der Waals surface area contributed by atoms with Gasteiger partial charge in [0.2, 0.25) is 0 Å². The van der Waals surface area contributed by atoms with E-state index < -0.39 is 0 Å². The summed E-state index contributed by atoms with van der Waals surface area (Å²) >= 11 is 1.57. The van der Waals surface area contributed by atoms with Gasteiger partial charge in [-0.25, -0.2) is 9.78 Å². The molecule has 3 rings (SSSR count). The van der Waals surface area contributed by atoms with Gasteiger partial charge in [0, 0.05) is 24.4 Å². The van der Waals surface area contributed by atoms with Gasteiger partial charge >= 0.3 is 6.03 Å². The summed E-state index contributed by atoms with van der Waals surface area (Å²) in [5, 5.41) is 2.98. The van der Waals surface area contributed by atoms with E-state index in [2.05, 4.69) is 22.4 Å². The number of hydrogen-bond donors (Lipinski definition) is 1. The molecule has 2 aromatic rings. The van der Waals surface area contributed by atoms with Crippen LogP contribution in [0.2, 0.25) is 0 Å². The van der Waals surface area contributed by atoms with Gasteiger partial charge < -0.3 is 15.0 Å². The van der Waals surface area contributed by atoms with Gasteiger partial charge in [0.25, 0.3) is 0 Å². The first-order chi connectivity index (χ1) is 11.2. The molecule has 1 atom stereocenters. The molecule has 0 radical (unpaired) electrons. The Bertz CT molecular complexity index is 644. The summed E-state index contributed by atoms with van der Waals surface area (Å²) in [7, 11) is 0. The van der Waals surface area contributed by atoms with Crippen molar-refractivity contribution in [3.8, 4) is 0 Å². The number of morpholine rings is 1. The highest BCUT2D eigenvalue weighted by atomic mass is 32.1. The highest BCUT2D eigenvalue weighted by molar-refractivity contribution is 7.09. The molecule has 1 N–H and O–H groups in total. The van der Waals surface area contributed by atoms with Crippen LogP contribution >= 0.6 is 11.3 Å². The molecular weight excluding hydrogens is 310 g/mol. The molecule has 1 aliphatic rings. The van der Waals surface area contributed by atoms with Gasteiger partial charge in [-0.2, -0.15) is 0 Å². The molecule has 1 saturated heterocycles. The Morgan fingerprint density at radius 1 is 1.43 bits per heavy atom. The van der Waals surface area contributed by atoms with Crippen molar-refractivity contribution in [3.05, 3.63) is 52.0 Å². The highest BCUT2D eigenvalue weighted by Crippen LogP contribution is 2.14. The molecule has 0 bridgehead atoms. The van der Waals surface area contributed by atoms with Crippen molar-refractivity contribution in [2.75, 3.05) is 19.7 Å². The Morgan fingerprint density at radius 3 is 3.00 bits per heavy atom. The topological polar surface area (TPSA) is 54.5 Å². The van der Waals surface area contributed by atoms with Crippen LogP contribution in [0, 0.1) is 6.92 Å². The molecule has 1 aromatic carbocycles. The third-order valence-corrected chi connectivity index (χ3v) is 4.91. The van der Waals surface area contributed by atoms with Crippen molar-refractivity contribution in [3.63, 3.8) is 0 Å². The smallest absolute Gasteiger partial charge is 0.317 e. The van der Waals surface area contributed by atoms with Crippen LogP contribution in [0.4, 0.5) is 4.79 Å². The van der Waals surface area contributed by atoms with Gasteiger partial charge in [0.1, 0.15) is 0 Å². The average molecular weight is 331 g/mol. The minimum Gasteiger partial charge on any atom is -0.374 e. The zero-order chi connectivity index (χ0) is 16.1. The molecular formula is C17H21N3O2S.